The normalized spacial score (nSPS) is 10.6. The topological polar surface area (TPSA) is 98.0 Å². The molecule has 3 heterocycles. The summed E-state index contributed by atoms with van der Waals surface area (Å²) in [5.41, 5.74) is 2.02. The maximum Gasteiger partial charge on any atom is 0.234 e. The van der Waals surface area contributed by atoms with Crippen LogP contribution in [0.25, 0.3) is 16.9 Å². The van der Waals surface area contributed by atoms with Crippen molar-refractivity contribution >= 4 is 17.5 Å². The van der Waals surface area contributed by atoms with Crippen LogP contribution in [-0.2, 0) is 4.79 Å². The van der Waals surface area contributed by atoms with Crippen molar-refractivity contribution in [1.82, 2.24) is 29.5 Å². The fourth-order valence-electron chi connectivity index (χ4n) is 1.69. The van der Waals surface area contributed by atoms with Gasteiger partial charge in [-0.05, 0) is 6.07 Å². The summed E-state index contributed by atoms with van der Waals surface area (Å²) in [7, 11) is 0. The van der Waals surface area contributed by atoms with Crippen LogP contribution >= 0.6 is 0 Å². The molecule has 0 aliphatic carbocycles. The summed E-state index contributed by atoms with van der Waals surface area (Å²) in [6.45, 7) is 1.41. The van der Waals surface area contributed by atoms with Crippen molar-refractivity contribution in [2.45, 2.75) is 6.92 Å². The molecule has 94 valence electrons. The summed E-state index contributed by atoms with van der Waals surface area (Å²) >= 11 is 0. The second-order valence-electron chi connectivity index (χ2n) is 3.77. The molecule has 3 aromatic rings. The fraction of sp³-hybridized carbons (Fsp3) is 0.0909. The van der Waals surface area contributed by atoms with Crippen LogP contribution in [0.1, 0.15) is 6.92 Å². The van der Waals surface area contributed by atoms with E-state index in [9.17, 15) is 4.79 Å². The van der Waals surface area contributed by atoms with Gasteiger partial charge >= 0.3 is 0 Å². The molecule has 0 atom stereocenters. The van der Waals surface area contributed by atoms with Crippen molar-refractivity contribution in [3.05, 3.63) is 31.1 Å². The highest BCUT2D eigenvalue weighted by atomic mass is 16.1. The lowest BCUT2D eigenvalue weighted by molar-refractivity contribution is -0.114. The van der Waals surface area contributed by atoms with Gasteiger partial charge < -0.3 is 0 Å². The van der Waals surface area contributed by atoms with Gasteiger partial charge in [0.25, 0.3) is 0 Å². The molecule has 0 saturated carbocycles. The van der Waals surface area contributed by atoms with E-state index in [1.807, 2.05) is 0 Å². The van der Waals surface area contributed by atoms with Crippen LogP contribution in [0.5, 0.6) is 0 Å². The molecule has 3 rings (SSSR count). The molecule has 0 fully saturated rings. The number of carbonyl (C=O) groups is 1. The van der Waals surface area contributed by atoms with Gasteiger partial charge in [0.2, 0.25) is 11.9 Å². The number of anilines is 1. The summed E-state index contributed by atoms with van der Waals surface area (Å²) in [6.07, 6.45) is 6.08. The first kappa shape index (κ1) is 11.2. The lowest BCUT2D eigenvalue weighted by atomic mass is 10.2. The quantitative estimate of drug-likeness (QED) is 0.717. The van der Waals surface area contributed by atoms with Gasteiger partial charge in [0, 0.05) is 13.1 Å². The Labute approximate surface area is 107 Å². The predicted molar refractivity (Wildman–Crippen MR) is 66.1 cm³/mol. The summed E-state index contributed by atoms with van der Waals surface area (Å²) in [4.78, 5) is 27.3. The van der Waals surface area contributed by atoms with Crippen LogP contribution < -0.4 is 5.32 Å². The van der Waals surface area contributed by atoms with Crippen molar-refractivity contribution in [2.75, 3.05) is 5.32 Å². The van der Waals surface area contributed by atoms with Crippen LogP contribution in [0, 0.1) is 0 Å². The third-order valence-electron chi connectivity index (χ3n) is 2.45. The molecule has 1 N–H and O–H groups in total. The van der Waals surface area contributed by atoms with Gasteiger partial charge in [0.05, 0.1) is 17.5 Å². The van der Waals surface area contributed by atoms with E-state index < -0.39 is 0 Å². The summed E-state index contributed by atoms with van der Waals surface area (Å²) in [5, 5.41) is 6.75. The molecule has 8 heteroatoms. The van der Waals surface area contributed by atoms with Gasteiger partial charge in [0.1, 0.15) is 12.7 Å². The molecular weight excluding hydrogens is 246 g/mol. The van der Waals surface area contributed by atoms with Crippen LogP contribution in [-0.4, -0.2) is 35.5 Å². The highest BCUT2D eigenvalue weighted by molar-refractivity contribution is 5.87. The maximum atomic E-state index is 11.1. The number of amides is 1. The monoisotopic (exact) mass is 255 g/mol. The average Bonchev–Trinajstić information content (AvgIpc) is 2.84. The summed E-state index contributed by atoms with van der Waals surface area (Å²) < 4.78 is 1.46. The Hall–Kier alpha value is -2.90. The molecule has 3 aromatic heterocycles. The van der Waals surface area contributed by atoms with Crippen molar-refractivity contribution in [3.63, 3.8) is 0 Å². The molecule has 8 nitrogen and oxygen atoms in total. The van der Waals surface area contributed by atoms with E-state index in [2.05, 4.69) is 30.4 Å². The minimum absolute atomic E-state index is 0.223. The first-order valence-corrected chi connectivity index (χ1v) is 5.48. The SMILES string of the molecule is CC(=O)Nc1ncnc2c(-c3ccncn3)cnn12. The highest BCUT2D eigenvalue weighted by Gasteiger charge is 2.12. The fourth-order valence-corrected chi connectivity index (χ4v) is 1.69. The molecule has 0 radical (unpaired) electrons. The second-order valence-corrected chi connectivity index (χ2v) is 3.77. The molecule has 0 spiro atoms. The lowest BCUT2D eigenvalue weighted by Crippen LogP contribution is -2.12. The Balaban J connectivity index is 2.17. The van der Waals surface area contributed by atoms with E-state index in [-0.39, 0.29) is 5.91 Å². The number of hydrogen-bond donors (Lipinski definition) is 1. The smallest absolute Gasteiger partial charge is 0.234 e. The Morgan fingerprint density at radius 2 is 2.16 bits per heavy atom. The van der Waals surface area contributed by atoms with Gasteiger partial charge in [-0.1, -0.05) is 0 Å². The number of nitrogens with one attached hydrogen (secondary N) is 1. The maximum absolute atomic E-state index is 11.1. The molecule has 0 aliphatic heterocycles. The van der Waals surface area contributed by atoms with Crippen molar-refractivity contribution in [2.24, 2.45) is 0 Å². The van der Waals surface area contributed by atoms with E-state index in [1.54, 1.807) is 18.5 Å². The van der Waals surface area contributed by atoms with Crippen LogP contribution in [0.4, 0.5) is 5.95 Å². The molecule has 0 bridgehead atoms. The first-order chi connectivity index (χ1) is 9.25. The van der Waals surface area contributed by atoms with Gasteiger partial charge in [-0.25, -0.2) is 19.9 Å². The number of hydrogen-bond acceptors (Lipinski definition) is 6. The van der Waals surface area contributed by atoms with Crippen molar-refractivity contribution < 1.29 is 4.79 Å². The Morgan fingerprint density at radius 3 is 2.89 bits per heavy atom. The number of aromatic nitrogens is 6. The molecule has 1 amide bonds. The molecular formula is C11H9N7O. The van der Waals surface area contributed by atoms with Gasteiger partial charge in [-0.3, -0.25) is 10.1 Å². The van der Waals surface area contributed by atoms with Crippen LogP contribution in [0.15, 0.2) is 31.1 Å². The zero-order chi connectivity index (χ0) is 13.2. The zero-order valence-corrected chi connectivity index (χ0v) is 9.98. The minimum atomic E-state index is -0.223. The largest absolute Gasteiger partial charge is 0.295 e. The number of carbonyl (C=O) groups excluding carboxylic acids is 1. The molecule has 0 saturated heterocycles. The third-order valence-corrected chi connectivity index (χ3v) is 2.45. The Bertz CT molecular complexity index is 737. The number of fused-ring (bicyclic) bond motifs is 1. The van der Waals surface area contributed by atoms with Crippen LogP contribution in [0.2, 0.25) is 0 Å². The van der Waals surface area contributed by atoms with Gasteiger partial charge in [-0.2, -0.15) is 9.61 Å². The Morgan fingerprint density at radius 1 is 1.26 bits per heavy atom. The highest BCUT2D eigenvalue weighted by Crippen LogP contribution is 2.21. The molecule has 0 aromatic carbocycles. The molecule has 0 unspecified atom stereocenters. The first-order valence-electron chi connectivity index (χ1n) is 5.48. The predicted octanol–water partition coefficient (Wildman–Crippen LogP) is 0.540. The van der Waals surface area contributed by atoms with E-state index in [1.165, 1.54) is 24.1 Å². The van der Waals surface area contributed by atoms with E-state index in [0.717, 1.165) is 5.56 Å². The minimum Gasteiger partial charge on any atom is -0.295 e. The zero-order valence-electron chi connectivity index (χ0n) is 9.98. The lowest BCUT2D eigenvalue weighted by Gasteiger charge is -2.03. The van der Waals surface area contributed by atoms with Gasteiger partial charge in [-0.15, -0.1) is 0 Å². The third kappa shape index (κ3) is 1.99. The van der Waals surface area contributed by atoms with E-state index in [4.69, 9.17) is 0 Å². The van der Waals surface area contributed by atoms with Crippen molar-refractivity contribution in [1.29, 1.82) is 0 Å². The summed E-state index contributed by atoms with van der Waals surface area (Å²) in [5.74, 6) is 0.0943. The van der Waals surface area contributed by atoms with E-state index in [0.29, 0.717) is 17.3 Å². The number of nitrogens with zero attached hydrogens (tertiary/aromatic N) is 6. The van der Waals surface area contributed by atoms with E-state index >= 15 is 0 Å². The Kier molecular flexibility index (Phi) is 2.60. The van der Waals surface area contributed by atoms with Gasteiger partial charge in [0.15, 0.2) is 5.65 Å². The number of rotatable bonds is 2. The standard InChI is InChI=1S/C11H9N7O/c1-7(19)17-11-15-6-14-10-8(4-16-18(10)11)9-2-3-12-5-13-9/h2-6H,1H3,(H,14,15,17,19). The average molecular weight is 255 g/mol. The summed E-state index contributed by atoms with van der Waals surface area (Å²) in [6, 6.07) is 1.76. The molecule has 19 heavy (non-hydrogen) atoms. The molecule has 0 aliphatic rings. The van der Waals surface area contributed by atoms with Crippen molar-refractivity contribution in [3.8, 4) is 11.3 Å². The van der Waals surface area contributed by atoms with Crippen LogP contribution in [0.3, 0.4) is 0 Å². The second kappa shape index (κ2) is 4.41.